The molecule has 0 saturated heterocycles. The van der Waals surface area contributed by atoms with Crippen LogP contribution in [0.5, 0.6) is 11.5 Å². The van der Waals surface area contributed by atoms with E-state index in [0.717, 1.165) is 0 Å². The molecule has 0 spiro atoms. The van der Waals surface area contributed by atoms with E-state index in [-0.39, 0.29) is 5.69 Å². The van der Waals surface area contributed by atoms with Crippen LogP contribution in [0.15, 0.2) is 47.5 Å². The van der Waals surface area contributed by atoms with Gasteiger partial charge in [0.25, 0.3) is 5.69 Å². The number of aliphatic imine (C=N–C) groups is 1. The summed E-state index contributed by atoms with van der Waals surface area (Å²) in [6.07, 6.45) is 1.56. The van der Waals surface area contributed by atoms with Crippen LogP contribution in [0.25, 0.3) is 0 Å². The van der Waals surface area contributed by atoms with Gasteiger partial charge in [0.15, 0.2) is 11.5 Å². The minimum Gasteiger partial charge on any atom is -0.493 e. The topological polar surface area (TPSA) is 74.0 Å². The van der Waals surface area contributed by atoms with Crippen molar-refractivity contribution in [1.29, 1.82) is 0 Å². The number of nitrogens with zero attached hydrogens (tertiary/aromatic N) is 2. The quantitative estimate of drug-likeness (QED) is 0.480. The van der Waals surface area contributed by atoms with Crippen molar-refractivity contribution in [2.75, 3.05) is 14.2 Å². The zero-order valence-electron chi connectivity index (χ0n) is 11.6. The first-order valence-corrected chi connectivity index (χ1v) is 6.14. The Hall–Kier alpha value is -2.89. The van der Waals surface area contributed by atoms with Gasteiger partial charge >= 0.3 is 0 Å². The fourth-order valence-electron chi connectivity index (χ4n) is 1.77. The fourth-order valence-corrected chi connectivity index (χ4v) is 1.77. The second-order valence-corrected chi connectivity index (χ2v) is 4.15. The molecule has 0 heterocycles. The normalized spacial score (nSPS) is 10.6. The highest BCUT2D eigenvalue weighted by atomic mass is 16.6. The van der Waals surface area contributed by atoms with E-state index in [1.807, 2.05) is 0 Å². The summed E-state index contributed by atoms with van der Waals surface area (Å²) in [4.78, 5) is 14.6. The molecule has 6 heteroatoms. The highest BCUT2D eigenvalue weighted by Crippen LogP contribution is 2.30. The molecule has 0 radical (unpaired) electrons. The molecule has 2 aromatic carbocycles. The first kappa shape index (κ1) is 14.5. The van der Waals surface area contributed by atoms with Crippen molar-refractivity contribution in [3.63, 3.8) is 0 Å². The number of non-ortho nitro benzene ring substituents is 1. The zero-order valence-corrected chi connectivity index (χ0v) is 11.6. The van der Waals surface area contributed by atoms with Gasteiger partial charge in [0.05, 0.1) is 24.8 Å². The predicted octanol–water partition coefficient (Wildman–Crippen LogP) is 3.36. The van der Waals surface area contributed by atoms with Gasteiger partial charge in [0, 0.05) is 24.4 Å². The molecule has 0 unspecified atom stereocenters. The third-order valence-corrected chi connectivity index (χ3v) is 2.81. The van der Waals surface area contributed by atoms with E-state index in [1.54, 1.807) is 50.8 Å². The van der Waals surface area contributed by atoms with E-state index in [2.05, 4.69) is 4.99 Å². The van der Waals surface area contributed by atoms with Crippen LogP contribution < -0.4 is 9.47 Å². The van der Waals surface area contributed by atoms with Crippen LogP contribution in [0.2, 0.25) is 0 Å². The Kier molecular flexibility index (Phi) is 4.50. The molecule has 0 fully saturated rings. The van der Waals surface area contributed by atoms with E-state index >= 15 is 0 Å². The average molecular weight is 286 g/mol. The van der Waals surface area contributed by atoms with Crippen LogP contribution in [0.3, 0.4) is 0 Å². The Bertz CT molecular complexity index is 683. The van der Waals surface area contributed by atoms with E-state index < -0.39 is 4.92 Å². The van der Waals surface area contributed by atoms with E-state index in [9.17, 15) is 10.1 Å². The first-order chi connectivity index (χ1) is 10.1. The highest BCUT2D eigenvalue weighted by molar-refractivity contribution is 5.83. The lowest BCUT2D eigenvalue weighted by Crippen LogP contribution is -1.90. The Morgan fingerprint density at radius 1 is 1.10 bits per heavy atom. The first-order valence-electron chi connectivity index (χ1n) is 6.14. The maximum atomic E-state index is 10.7. The summed E-state index contributed by atoms with van der Waals surface area (Å²) in [6, 6.07) is 11.5. The molecular formula is C15H14N2O4. The summed E-state index contributed by atoms with van der Waals surface area (Å²) >= 11 is 0. The molecule has 21 heavy (non-hydrogen) atoms. The molecular weight excluding hydrogens is 272 g/mol. The smallest absolute Gasteiger partial charge is 0.270 e. The molecule has 0 aliphatic rings. The highest BCUT2D eigenvalue weighted by Gasteiger charge is 2.05. The van der Waals surface area contributed by atoms with Crippen LogP contribution in [-0.2, 0) is 0 Å². The molecule has 108 valence electrons. The molecule has 2 rings (SSSR count). The van der Waals surface area contributed by atoms with Crippen molar-refractivity contribution < 1.29 is 14.4 Å². The number of ether oxygens (including phenoxy) is 2. The lowest BCUT2D eigenvalue weighted by molar-refractivity contribution is -0.384. The van der Waals surface area contributed by atoms with E-state index in [4.69, 9.17) is 9.47 Å². The molecule has 0 amide bonds. The van der Waals surface area contributed by atoms with Crippen molar-refractivity contribution in [2.24, 2.45) is 4.99 Å². The maximum absolute atomic E-state index is 10.7. The van der Waals surface area contributed by atoms with Crippen molar-refractivity contribution in [1.82, 2.24) is 0 Å². The molecule has 0 saturated carbocycles. The van der Waals surface area contributed by atoms with E-state index in [1.165, 1.54) is 12.1 Å². The number of hydrogen-bond donors (Lipinski definition) is 0. The van der Waals surface area contributed by atoms with Gasteiger partial charge in [0.1, 0.15) is 0 Å². The monoisotopic (exact) mass is 286 g/mol. The van der Waals surface area contributed by atoms with Gasteiger partial charge in [-0.15, -0.1) is 0 Å². The maximum Gasteiger partial charge on any atom is 0.270 e. The van der Waals surface area contributed by atoms with Crippen LogP contribution in [0.4, 0.5) is 11.4 Å². The van der Waals surface area contributed by atoms with Crippen LogP contribution in [0.1, 0.15) is 5.56 Å². The molecule has 0 aliphatic carbocycles. The van der Waals surface area contributed by atoms with Gasteiger partial charge in [-0.25, -0.2) is 0 Å². The Labute approximate surface area is 121 Å². The van der Waals surface area contributed by atoms with Gasteiger partial charge in [-0.05, 0) is 17.7 Å². The number of nitro benzene ring substituents is 1. The fraction of sp³-hybridized carbons (Fsp3) is 0.133. The summed E-state index contributed by atoms with van der Waals surface area (Å²) in [6.45, 7) is 0. The number of hydrogen-bond acceptors (Lipinski definition) is 5. The summed E-state index contributed by atoms with van der Waals surface area (Å²) < 4.78 is 10.3. The zero-order chi connectivity index (χ0) is 15.2. The van der Waals surface area contributed by atoms with Gasteiger partial charge in [0.2, 0.25) is 0 Å². The standard InChI is InChI=1S/C15H14N2O4/c1-20-14-7-6-12(9-15(14)21-2)16-10-11-4-3-5-13(8-11)17(18)19/h3-10H,1-2H3. The second-order valence-electron chi connectivity index (χ2n) is 4.15. The molecule has 0 aliphatic heterocycles. The van der Waals surface area contributed by atoms with Gasteiger partial charge < -0.3 is 9.47 Å². The van der Waals surface area contributed by atoms with E-state index in [0.29, 0.717) is 22.7 Å². The number of methoxy groups -OCH3 is 2. The molecule has 6 nitrogen and oxygen atoms in total. The lowest BCUT2D eigenvalue weighted by atomic mass is 10.2. The molecule has 0 bridgehead atoms. The number of rotatable bonds is 5. The Morgan fingerprint density at radius 3 is 2.52 bits per heavy atom. The second kappa shape index (κ2) is 6.51. The third kappa shape index (κ3) is 3.56. The minimum atomic E-state index is -0.437. The molecule has 2 aromatic rings. The Balaban J connectivity index is 2.25. The van der Waals surface area contributed by atoms with Crippen LogP contribution >= 0.6 is 0 Å². The van der Waals surface area contributed by atoms with Crippen molar-refractivity contribution >= 4 is 17.6 Å². The van der Waals surface area contributed by atoms with Crippen molar-refractivity contribution in [3.05, 3.63) is 58.1 Å². The minimum absolute atomic E-state index is 0.0336. The van der Waals surface area contributed by atoms with Gasteiger partial charge in [-0.3, -0.25) is 15.1 Å². The summed E-state index contributed by atoms with van der Waals surface area (Å²) in [5.74, 6) is 1.19. The molecule has 0 N–H and O–H groups in total. The summed E-state index contributed by atoms with van der Waals surface area (Å²) in [5.41, 5.74) is 1.35. The van der Waals surface area contributed by atoms with Crippen molar-refractivity contribution in [2.45, 2.75) is 0 Å². The number of benzene rings is 2. The lowest BCUT2D eigenvalue weighted by Gasteiger charge is -2.07. The third-order valence-electron chi connectivity index (χ3n) is 2.81. The average Bonchev–Trinajstić information content (AvgIpc) is 2.52. The SMILES string of the molecule is COc1ccc(N=Cc2cccc([N+](=O)[O-])c2)cc1OC. The van der Waals surface area contributed by atoms with Gasteiger partial charge in [-0.1, -0.05) is 12.1 Å². The van der Waals surface area contributed by atoms with Crippen LogP contribution in [-0.4, -0.2) is 25.4 Å². The summed E-state index contributed by atoms with van der Waals surface area (Å²) in [7, 11) is 3.11. The summed E-state index contributed by atoms with van der Waals surface area (Å²) in [5, 5.41) is 10.7. The molecule has 0 aromatic heterocycles. The Morgan fingerprint density at radius 2 is 1.86 bits per heavy atom. The van der Waals surface area contributed by atoms with Crippen molar-refractivity contribution in [3.8, 4) is 11.5 Å². The predicted molar refractivity (Wildman–Crippen MR) is 79.9 cm³/mol. The van der Waals surface area contributed by atoms with Gasteiger partial charge in [-0.2, -0.15) is 0 Å². The van der Waals surface area contributed by atoms with Crippen LogP contribution in [0, 0.1) is 10.1 Å². The molecule has 0 atom stereocenters. The number of nitro groups is 1. The largest absolute Gasteiger partial charge is 0.493 e.